The van der Waals surface area contributed by atoms with Crippen LogP contribution in [0.4, 0.5) is 0 Å². The van der Waals surface area contributed by atoms with E-state index in [1.807, 2.05) is 36.4 Å². The summed E-state index contributed by atoms with van der Waals surface area (Å²) in [6.45, 7) is 2.10. The average Bonchev–Trinajstić information content (AvgIpc) is 2.83. The van der Waals surface area contributed by atoms with Crippen molar-refractivity contribution in [2.45, 2.75) is 31.1 Å². The molecule has 1 aliphatic carbocycles. The van der Waals surface area contributed by atoms with E-state index in [2.05, 4.69) is 6.92 Å². The third kappa shape index (κ3) is 3.39. The standard InChI is InChI=1S/C15H18O2S/c1-12(13-7-8-14(16)11-13)9-10-18(17)15-5-3-2-4-6-15/h2-6,9-10,12-13H,7-8,11H2,1H3/b10-9+/t12-,13+,18?/m1/s1. The molecule has 3 atom stereocenters. The van der Waals surface area contributed by atoms with Crippen molar-refractivity contribution >= 4 is 16.6 Å². The molecule has 1 fully saturated rings. The highest BCUT2D eigenvalue weighted by Crippen LogP contribution is 2.29. The van der Waals surface area contributed by atoms with E-state index >= 15 is 0 Å². The SMILES string of the molecule is C[C@H](/C=C/S(=O)c1ccccc1)[C@H]1CCC(=O)C1. The predicted octanol–water partition coefficient (Wildman–Crippen LogP) is 3.31. The molecule has 0 aromatic heterocycles. The number of rotatable bonds is 4. The van der Waals surface area contributed by atoms with Gasteiger partial charge < -0.3 is 0 Å². The molecule has 2 nitrogen and oxygen atoms in total. The molecule has 1 aliphatic rings. The quantitative estimate of drug-likeness (QED) is 0.834. The number of carbonyl (C=O) groups excluding carboxylic acids is 1. The first kappa shape index (κ1) is 13.2. The van der Waals surface area contributed by atoms with Crippen molar-refractivity contribution in [2.75, 3.05) is 0 Å². The van der Waals surface area contributed by atoms with Crippen molar-refractivity contribution < 1.29 is 9.00 Å². The molecule has 0 N–H and O–H groups in total. The summed E-state index contributed by atoms with van der Waals surface area (Å²) in [7, 11) is -1.08. The van der Waals surface area contributed by atoms with Gasteiger partial charge in [0.15, 0.2) is 0 Å². The minimum absolute atomic E-state index is 0.323. The van der Waals surface area contributed by atoms with Crippen molar-refractivity contribution in [1.82, 2.24) is 0 Å². The lowest BCUT2D eigenvalue weighted by Crippen LogP contribution is -2.05. The molecule has 1 saturated carbocycles. The lowest BCUT2D eigenvalue weighted by Gasteiger charge is -2.13. The van der Waals surface area contributed by atoms with Crippen LogP contribution in [-0.4, -0.2) is 9.99 Å². The lowest BCUT2D eigenvalue weighted by atomic mass is 9.93. The van der Waals surface area contributed by atoms with Gasteiger partial charge in [0.25, 0.3) is 0 Å². The number of Topliss-reactive ketones (excluding diaryl/α,β-unsaturated/α-hetero) is 1. The second-order valence-electron chi connectivity index (χ2n) is 4.84. The first-order chi connectivity index (χ1) is 8.66. The fourth-order valence-electron chi connectivity index (χ4n) is 2.28. The van der Waals surface area contributed by atoms with Gasteiger partial charge in [-0.05, 0) is 30.4 Å². The molecule has 0 heterocycles. The van der Waals surface area contributed by atoms with Gasteiger partial charge in [-0.3, -0.25) is 4.79 Å². The van der Waals surface area contributed by atoms with Crippen molar-refractivity contribution in [3.8, 4) is 0 Å². The van der Waals surface area contributed by atoms with Crippen LogP contribution in [0.2, 0.25) is 0 Å². The highest BCUT2D eigenvalue weighted by Gasteiger charge is 2.25. The number of allylic oxidation sites excluding steroid dienone is 1. The van der Waals surface area contributed by atoms with Gasteiger partial charge in [0.05, 0.1) is 10.8 Å². The first-order valence-corrected chi connectivity index (χ1v) is 7.54. The molecule has 1 unspecified atom stereocenters. The Morgan fingerprint density at radius 3 is 2.67 bits per heavy atom. The maximum absolute atomic E-state index is 12.0. The van der Waals surface area contributed by atoms with E-state index in [1.165, 1.54) is 0 Å². The summed E-state index contributed by atoms with van der Waals surface area (Å²) < 4.78 is 12.0. The molecule has 1 aromatic carbocycles. The number of ketones is 1. The number of benzene rings is 1. The van der Waals surface area contributed by atoms with Gasteiger partial charge in [0.2, 0.25) is 0 Å². The van der Waals surface area contributed by atoms with Gasteiger partial charge in [-0.15, -0.1) is 0 Å². The van der Waals surface area contributed by atoms with Crippen LogP contribution in [0.3, 0.4) is 0 Å². The molecule has 0 bridgehead atoms. The predicted molar refractivity (Wildman–Crippen MR) is 73.5 cm³/mol. The van der Waals surface area contributed by atoms with Gasteiger partial charge in [-0.2, -0.15) is 0 Å². The van der Waals surface area contributed by atoms with Crippen molar-refractivity contribution in [1.29, 1.82) is 0 Å². The number of carbonyl (C=O) groups is 1. The van der Waals surface area contributed by atoms with Crippen LogP contribution >= 0.6 is 0 Å². The van der Waals surface area contributed by atoms with Crippen LogP contribution in [0.1, 0.15) is 26.2 Å². The smallest absolute Gasteiger partial charge is 0.133 e. The Kier molecular flexibility index (Phi) is 4.48. The molecule has 0 amide bonds. The van der Waals surface area contributed by atoms with Crippen LogP contribution < -0.4 is 0 Å². The Morgan fingerprint density at radius 1 is 1.33 bits per heavy atom. The molecular weight excluding hydrogens is 244 g/mol. The zero-order chi connectivity index (χ0) is 13.0. The monoisotopic (exact) mass is 262 g/mol. The highest BCUT2D eigenvalue weighted by atomic mass is 32.2. The zero-order valence-corrected chi connectivity index (χ0v) is 11.4. The minimum atomic E-state index is -1.08. The summed E-state index contributed by atoms with van der Waals surface area (Å²) in [4.78, 5) is 12.1. The molecule has 1 aromatic rings. The molecule has 18 heavy (non-hydrogen) atoms. The van der Waals surface area contributed by atoms with E-state index in [0.29, 0.717) is 30.5 Å². The van der Waals surface area contributed by atoms with Crippen LogP contribution in [0.15, 0.2) is 46.7 Å². The van der Waals surface area contributed by atoms with E-state index < -0.39 is 10.8 Å². The van der Waals surface area contributed by atoms with Gasteiger partial charge in [-0.25, -0.2) is 4.21 Å². The van der Waals surface area contributed by atoms with Crippen molar-refractivity contribution in [2.24, 2.45) is 11.8 Å². The van der Waals surface area contributed by atoms with Crippen LogP contribution in [0.25, 0.3) is 0 Å². The van der Waals surface area contributed by atoms with E-state index in [1.54, 1.807) is 5.41 Å². The van der Waals surface area contributed by atoms with Crippen LogP contribution in [0, 0.1) is 11.8 Å². The second kappa shape index (κ2) is 6.10. The Bertz CT molecular complexity index is 465. The molecule has 0 radical (unpaired) electrons. The van der Waals surface area contributed by atoms with Gasteiger partial charge in [0, 0.05) is 23.1 Å². The topological polar surface area (TPSA) is 34.1 Å². The number of hydrogen-bond acceptors (Lipinski definition) is 2. The second-order valence-corrected chi connectivity index (χ2v) is 6.18. The summed E-state index contributed by atoms with van der Waals surface area (Å²) in [5, 5.41) is 1.75. The Morgan fingerprint density at radius 2 is 2.06 bits per heavy atom. The van der Waals surface area contributed by atoms with Gasteiger partial charge >= 0.3 is 0 Å². The molecular formula is C15H18O2S. The summed E-state index contributed by atoms with van der Waals surface area (Å²) in [5.41, 5.74) is 0. The normalized spacial score (nSPS) is 23.4. The van der Waals surface area contributed by atoms with E-state index in [-0.39, 0.29) is 0 Å². The fourth-order valence-corrected chi connectivity index (χ4v) is 3.25. The molecule has 3 heteroatoms. The fraction of sp³-hybridized carbons (Fsp3) is 0.400. The Balaban J connectivity index is 1.94. The van der Waals surface area contributed by atoms with E-state index in [9.17, 15) is 9.00 Å². The zero-order valence-electron chi connectivity index (χ0n) is 10.5. The molecule has 0 aliphatic heterocycles. The Hall–Kier alpha value is -1.22. The summed E-state index contributed by atoms with van der Waals surface area (Å²) in [5.74, 6) is 1.12. The summed E-state index contributed by atoms with van der Waals surface area (Å²) in [6.07, 6.45) is 4.36. The largest absolute Gasteiger partial charge is 0.300 e. The lowest BCUT2D eigenvalue weighted by molar-refractivity contribution is -0.117. The van der Waals surface area contributed by atoms with Crippen LogP contribution in [-0.2, 0) is 15.6 Å². The third-order valence-electron chi connectivity index (χ3n) is 3.51. The summed E-state index contributed by atoms with van der Waals surface area (Å²) >= 11 is 0. The third-order valence-corrected chi connectivity index (χ3v) is 4.65. The van der Waals surface area contributed by atoms with Gasteiger partial charge in [-0.1, -0.05) is 31.2 Å². The molecule has 2 rings (SSSR count). The van der Waals surface area contributed by atoms with E-state index in [0.717, 1.165) is 11.3 Å². The van der Waals surface area contributed by atoms with E-state index in [4.69, 9.17) is 0 Å². The highest BCUT2D eigenvalue weighted by molar-refractivity contribution is 7.88. The number of hydrogen-bond donors (Lipinski definition) is 0. The summed E-state index contributed by atoms with van der Waals surface area (Å²) in [6, 6.07) is 9.42. The average molecular weight is 262 g/mol. The first-order valence-electron chi connectivity index (χ1n) is 6.32. The van der Waals surface area contributed by atoms with Crippen LogP contribution in [0.5, 0.6) is 0 Å². The van der Waals surface area contributed by atoms with Crippen molar-refractivity contribution in [3.05, 3.63) is 41.8 Å². The molecule has 0 spiro atoms. The van der Waals surface area contributed by atoms with Gasteiger partial charge in [0.1, 0.15) is 5.78 Å². The minimum Gasteiger partial charge on any atom is -0.300 e. The van der Waals surface area contributed by atoms with Crippen molar-refractivity contribution in [3.63, 3.8) is 0 Å². The molecule has 96 valence electrons. The maximum atomic E-state index is 12.0. The maximum Gasteiger partial charge on any atom is 0.133 e. The Labute approximate surface area is 111 Å². The molecule has 0 saturated heterocycles.